The number of alkyl halides is 3. The Bertz CT molecular complexity index is 1400. The molecule has 8 heteroatoms. The Kier molecular flexibility index (Phi) is 5.34. The summed E-state index contributed by atoms with van der Waals surface area (Å²) in [6, 6.07) is 14.5. The maximum atomic E-state index is 14.2. The molecule has 1 aliphatic heterocycles. The fourth-order valence-corrected chi connectivity index (χ4v) is 4.33. The Hall–Kier alpha value is -3.36. The first-order valence-electron chi connectivity index (χ1n) is 10.5. The number of halogens is 3. The van der Waals surface area contributed by atoms with E-state index in [2.05, 4.69) is 0 Å². The number of fused-ring (bicyclic) bond motifs is 2. The second-order valence-corrected chi connectivity index (χ2v) is 7.99. The van der Waals surface area contributed by atoms with Crippen LogP contribution in [0.2, 0.25) is 0 Å². The molecular formula is C25H20F3NO4. The highest BCUT2D eigenvalue weighted by Crippen LogP contribution is 2.41. The fraction of sp³-hybridized carbons (Fsp3) is 0.240. The number of phenolic OH excluding ortho intramolecular Hbond substituents is 1. The summed E-state index contributed by atoms with van der Waals surface area (Å²) in [7, 11) is 0. The molecule has 170 valence electrons. The lowest BCUT2D eigenvalue weighted by atomic mass is 9.95. The predicted molar refractivity (Wildman–Crippen MR) is 118 cm³/mol. The molecule has 5 rings (SSSR count). The molecule has 33 heavy (non-hydrogen) atoms. The Morgan fingerprint density at radius 3 is 2.42 bits per heavy atom. The number of benzene rings is 3. The molecule has 0 spiro atoms. The van der Waals surface area contributed by atoms with Crippen molar-refractivity contribution in [2.24, 2.45) is 0 Å². The van der Waals surface area contributed by atoms with Gasteiger partial charge in [0.2, 0.25) is 11.2 Å². The smallest absolute Gasteiger partial charge is 0.450 e. The van der Waals surface area contributed by atoms with Crippen molar-refractivity contribution in [3.05, 3.63) is 76.1 Å². The molecule has 0 radical (unpaired) electrons. The minimum Gasteiger partial charge on any atom is -0.507 e. The zero-order chi connectivity index (χ0) is 23.2. The largest absolute Gasteiger partial charge is 0.507 e. The number of hydrogen-bond donors (Lipinski definition) is 1. The molecule has 1 aromatic heterocycles. The molecule has 3 aromatic carbocycles. The Labute approximate surface area is 186 Å². The molecule has 0 amide bonds. The number of nitrogens with zero attached hydrogens (tertiary/aromatic N) is 1. The van der Waals surface area contributed by atoms with Crippen LogP contribution in [-0.2, 0) is 17.5 Å². The van der Waals surface area contributed by atoms with E-state index < -0.39 is 22.9 Å². The van der Waals surface area contributed by atoms with Gasteiger partial charge in [0.1, 0.15) is 11.3 Å². The highest BCUT2D eigenvalue weighted by molar-refractivity contribution is 5.99. The van der Waals surface area contributed by atoms with Crippen LogP contribution in [0.1, 0.15) is 11.3 Å². The van der Waals surface area contributed by atoms with Gasteiger partial charge in [0.05, 0.1) is 29.7 Å². The van der Waals surface area contributed by atoms with Crippen LogP contribution in [0.4, 0.5) is 13.2 Å². The molecular weight excluding hydrogens is 435 g/mol. The molecule has 1 N–H and O–H groups in total. The standard InChI is InChI=1S/C25H20F3NO4/c26-25(27,28)24-21(17-7-3-5-15-4-1-2-6-16(15)17)22(31)18-8-9-20(30)19(23(18)33-24)14-29-10-12-32-13-11-29/h1-9,30H,10-14H2. The van der Waals surface area contributed by atoms with E-state index in [0.29, 0.717) is 37.1 Å². The van der Waals surface area contributed by atoms with E-state index in [1.165, 1.54) is 18.2 Å². The van der Waals surface area contributed by atoms with Crippen molar-refractivity contribution in [1.82, 2.24) is 4.90 Å². The lowest BCUT2D eigenvalue weighted by Gasteiger charge is -2.27. The van der Waals surface area contributed by atoms with Gasteiger partial charge in [-0.05, 0) is 28.5 Å². The second kappa shape index (κ2) is 8.20. The predicted octanol–water partition coefficient (Wildman–Crippen LogP) is 5.17. The molecule has 5 nitrogen and oxygen atoms in total. The first-order valence-corrected chi connectivity index (χ1v) is 10.5. The van der Waals surface area contributed by atoms with E-state index in [9.17, 15) is 23.1 Å². The van der Waals surface area contributed by atoms with Crippen molar-refractivity contribution < 1.29 is 27.4 Å². The van der Waals surface area contributed by atoms with Gasteiger partial charge in [-0.2, -0.15) is 13.2 Å². The van der Waals surface area contributed by atoms with Gasteiger partial charge in [0, 0.05) is 19.6 Å². The van der Waals surface area contributed by atoms with Crippen LogP contribution >= 0.6 is 0 Å². The summed E-state index contributed by atoms with van der Waals surface area (Å²) in [6.45, 7) is 2.21. The number of phenols is 1. The van der Waals surface area contributed by atoms with Crippen LogP contribution in [0.5, 0.6) is 5.75 Å². The van der Waals surface area contributed by atoms with Gasteiger partial charge in [-0.25, -0.2) is 0 Å². The number of rotatable bonds is 3. The Balaban J connectivity index is 1.80. The minimum absolute atomic E-state index is 0.00741. The highest BCUT2D eigenvalue weighted by atomic mass is 19.4. The highest BCUT2D eigenvalue weighted by Gasteiger charge is 2.40. The molecule has 4 aromatic rings. The average molecular weight is 455 g/mol. The molecule has 1 aliphatic rings. The van der Waals surface area contributed by atoms with Crippen LogP contribution in [0.15, 0.2) is 63.8 Å². The first-order chi connectivity index (χ1) is 15.8. The van der Waals surface area contributed by atoms with E-state index in [0.717, 1.165) is 0 Å². The maximum absolute atomic E-state index is 14.2. The summed E-state index contributed by atoms with van der Waals surface area (Å²) in [5, 5.41) is 11.7. The lowest BCUT2D eigenvalue weighted by Crippen LogP contribution is -2.35. The van der Waals surface area contributed by atoms with Crippen molar-refractivity contribution in [2.45, 2.75) is 12.7 Å². The zero-order valence-corrected chi connectivity index (χ0v) is 17.5. The average Bonchev–Trinajstić information content (AvgIpc) is 2.80. The van der Waals surface area contributed by atoms with Gasteiger partial charge in [-0.1, -0.05) is 42.5 Å². The quantitative estimate of drug-likeness (QED) is 0.462. The third kappa shape index (κ3) is 3.85. The van der Waals surface area contributed by atoms with Gasteiger partial charge < -0.3 is 14.3 Å². The molecule has 0 unspecified atom stereocenters. The van der Waals surface area contributed by atoms with Gasteiger partial charge in [0.25, 0.3) is 0 Å². The molecule has 2 heterocycles. The van der Waals surface area contributed by atoms with Gasteiger partial charge >= 0.3 is 6.18 Å². The van der Waals surface area contributed by atoms with Crippen LogP contribution in [0.25, 0.3) is 32.9 Å². The molecule has 0 bridgehead atoms. The third-order valence-corrected chi connectivity index (χ3v) is 5.94. The summed E-state index contributed by atoms with van der Waals surface area (Å²) in [6.07, 6.45) is -4.92. The number of morpholine rings is 1. The van der Waals surface area contributed by atoms with E-state index in [1.54, 1.807) is 36.4 Å². The molecule has 0 atom stereocenters. The van der Waals surface area contributed by atoms with E-state index in [-0.39, 0.29) is 34.4 Å². The summed E-state index contributed by atoms with van der Waals surface area (Å²) in [4.78, 5) is 15.5. The van der Waals surface area contributed by atoms with E-state index >= 15 is 0 Å². The van der Waals surface area contributed by atoms with Crippen molar-refractivity contribution >= 4 is 21.7 Å². The third-order valence-electron chi connectivity index (χ3n) is 5.94. The van der Waals surface area contributed by atoms with Crippen LogP contribution in [-0.4, -0.2) is 36.3 Å². The summed E-state index contributed by atoms with van der Waals surface area (Å²) < 4.78 is 53.4. The first kappa shape index (κ1) is 21.5. The molecule has 0 saturated carbocycles. The van der Waals surface area contributed by atoms with Crippen molar-refractivity contribution in [3.63, 3.8) is 0 Å². The molecule has 1 fully saturated rings. The number of aromatic hydroxyl groups is 1. The second-order valence-electron chi connectivity index (χ2n) is 7.99. The van der Waals surface area contributed by atoms with Crippen molar-refractivity contribution in [2.75, 3.05) is 26.3 Å². The zero-order valence-electron chi connectivity index (χ0n) is 17.5. The van der Waals surface area contributed by atoms with Gasteiger partial charge in [-0.15, -0.1) is 0 Å². The van der Waals surface area contributed by atoms with Gasteiger partial charge in [0.15, 0.2) is 0 Å². The minimum atomic E-state index is -4.92. The maximum Gasteiger partial charge on any atom is 0.450 e. The molecule has 1 saturated heterocycles. The summed E-state index contributed by atoms with van der Waals surface area (Å²) >= 11 is 0. The van der Waals surface area contributed by atoms with E-state index in [1.807, 2.05) is 4.90 Å². The summed E-state index contributed by atoms with van der Waals surface area (Å²) in [5.74, 6) is -1.59. The Morgan fingerprint density at radius 1 is 0.939 bits per heavy atom. The van der Waals surface area contributed by atoms with Crippen LogP contribution in [0.3, 0.4) is 0 Å². The van der Waals surface area contributed by atoms with Crippen LogP contribution in [0, 0.1) is 0 Å². The molecule has 0 aliphatic carbocycles. The van der Waals surface area contributed by atoms with Gasteiger partial charge in [-0.3, -0.25) is 9.69 Å². The SMILES string of the molecule is O=c1c(-c2cccc3ccccc23)c(C(F)(F)F)oc2c(CN3CCOCC3)c(O)ccc12. The van der Waals surface area contributed by atoms with Crippen molar-refractivity contribution in [3.8, 4) is 16.9 Å². The monoisotopic (exact) mass is 455 g/mol. The number of ether oxygens (including phenoxy) is 1. The lowest BCUT2D eigenvalue weighted by molar-refractivity contribution is -0.152. The summed E-state index contributed by atoms with van der Waals surface area (Å²) in [5.41, 5.74) is -1.26. The van der Waals surface area contributed by atoms with Crippen molar-refractivity contribution in [1.29, 1.82) is 0 Å². The Morgan fingerprint density at radius 2 is 1.67 bits per heavy atom. The normalized spacial score (nSPS) is 15.4. The number of hydrogen-bond acceptors (Lipinski definition) is 5. The van der Waals surface area contributed by atoms with Crippen LogP contribution < -0.4 is 5.43 Å². The fourth-order valence-electron chi connectivity index (χ4n) is 4.33. The van der Waals surface area contributed by atoms with E-state index in [4.69, 9.17) is 9.15 Å². The topological polar surface area (TPSA) is 62.9 Å².